The van der Waals surface area contributed by atoms with Gasteiger partial charge in [-0.05, 0) is 30.3 Å². The largest absolute Gasteiger partial charge is 0.497 e. The van der Waals surface area contributed by atoms with Gasteiger partial charge in [-0.2, -0.15) is 0 Å². The topological polar surface area (TPSA) is 73.9 Å². The van der Waals surface area contributed by atoms with Gasteiger partial charge in [-0.25, -0.2) is 13.1 Å². The number of sulfonamides is 1. The fraction of sp³-hybridized carbons (Fsp3) is 0.250. The molecule has 0 unspecified atom stereocenters. The van der Waals surface area contributed by atoms with Crippen LogP contribution in [0.15, 0.2) is 47.4 Å². The van der Waals surface area contributed by atoms with Crippen molar-refractivity contribution in [3.05, 3.63) is 48.0 Å². The quantitative estimate of drug-likeness (QED) is 0.838. The van der Waals surface area contributed by atoms with E-state index in [0.29, 0.717) is 22.8 Å². The van der Waals surface area contributed by atoms with E-state index in [1.807, 2.05) is 0 Å². The molecule has 0 fully saturated rings. The third-order valence-corrected chi connectivity index (χ3v) is 4.73. The van der Waals surface area contributed by atoms with Gasteiger partial charge in [0.2, 0.25) is 10.0 Å². The normalized spacial score (nSPS) is 11.1. The summed E-state index contributed by atoms with van der Waals surface area (Å²) in [5, 5.41) is 0. The predicted molar refractivity (Wildman–Crippen MR) is 86.6 cm³/mol. The van der Waals surface area contributed by atoms with Crippen LogP contribution in [0.4, 0.5) is 0 Å². The first-order valence-corrected chi connectivity index (χ1v) is 8.33. The monoisotopic (exact) mass is 337 g/mol. The zero-order valence-electron chi connectivity index (χ0n) is 13.2. The van der Waals surface area contributed by atoms with Crippen molar-refractivity contribution < 1.29 is 22.6 Å². The summed E-state index contributed by atoms with van der Waals surface area (Å²) >= 11 is 0. The van der Waals surface area contributed by atoms with Crippen LogP contribution in [-0.4, -0.2) is 29.7 Å². The van der Waals surface area contributed by atoms with Gasteiger partial charge in [-0.3, -0.25) is 0 Å². The van der Waals surface area contributed by atoms with Crippen LogP contribution in [0.5, 0.6) is 17.2 Å². The number of benzene rings is 2. The maximum atomic E-state index is 12.3. The highest BCUT2D eigenvalue weighted by molar-refractivity contribution is 7.89. The molecule has 0 heterocycles. The Morgan fingerprint density at radius 2 is 1.48 bits per heavy atom. The van der Waals surface area contributed by atoms with Crippen LogP contribution in [0.1, 0.15) is 5.56 Å². The Labute approximate surface area is 136 Å². The van der Waals surface area contributed by atoms with Crippen LogP contribution in [0, 0.1) is 0 Å². The van der Waals surface area contributed by atoms with Crippen LogP contribution in [0.25, 0.3) is 0 Å². The van der Waals surface area contributed by atoms with Gasteiger partial charge in [0.25, 0.3) is 0 Å². The van der Waals surface area contributed by atoms with Crippen LogP contribution >= 0.6 is 0 Å². The predicted octanol–water partition coefficient (Wildman–Crippen LogP) is 2.19. The molecule has 0 aliphatic carbocycles. The maximum absolute atomic E-state index is 12.3. The number of rotatable bonds is 7. The summed E-state index contributed by atoms with van der Waals surface area (Å²) in [6.07, 6.45) is 0. The lowest BCUT2D eigenvalue weighted by molar-refractivity contribution is 0.390. The average Bonchev–Trinajstić information content (AvgIpc) is 2.59. The van der Waals surface area contributed by atoms with E-state index in [4.69, 9.17) is 14.2 Å². The van der Waals surface area contributed by atoms with E-state index in [2.05, 4.69) is 4.72 Å². The smallest absolute Gasteiger partial charge is 0.240 e. The molecule has 7 heteroatoms. The standard InChI is InChI=1S/C16H19NO5S/c1-20-13-6-8-15(9-7-13)23(18,19)17-11-12-4-5-14(21-2)10-16(12)22-3/h4-10,17H,11H2,1-3H3. The Balaban J connectivity index is 2.15. The van der Waals surface area contributed by atoms with Gasteiger partial charge in [-0.1, -0.05) is 6.07 Å². The molecule has 23 heavy (non-hydrogen) atoms. The van der Waals surface area contributed by atoms with Crippen LogP contribution in [-0.2, 0) is 16.6 Å². The molecule has 0 aliphatic heterocycles. The fourth-order valence-electron chi connectivity index (χ4n) is 2.01. The van der Waals surface area contributed by atoms with Crippen molar-refractivity contribution in [2.45, 2.75) is 11.4 Å². The minimum Gasteiger partial charge on any atom is -0.497 e. The molecule has 0 aliphatic rings. The van der Waals surface area contributed by atoms with Gasteiger partial charge in [-0.15, -0.1) is 0 Å². The molecule has 2 aromatic carbocycles. The highest BCUT2D eigenvalue weighted by Crippen LogP contribution is 2.25. The van der Waals surface area contributed by atoms with Crippen LogP contribution in [0.3, 0.4) is 0 Å². The Bertz CT molecular complexity index is 757. The van der Waals surface area contributed by atoms with Crippen molar-refractivity contribution in [2.75, 3.05) is 21.3 Å². The Morgan fingerprint density at radius 3 is 2.04 bits per heavy atom. The molecule has 2 aromatic rings. The second-order valence-electron chi connectivity index (χ2n) is 4.68. The molecule has 1 N–H and O–H groups in total. The molecule has 124 valence electrons. The highest BCUT2D eigenvalue weighted by atomic mass is 32.2. The van der Waals surface area contributed by atoms with Gasteiger partial charge in [0.15, 0.2) is 0 Å². The lowest BCUT2D eigenvalue weighted by atomic mass is 10.2. The molecular weight excluding hydrogens is 318 g/mol. The molecule has 2 rings (SSSR count). The first kappa shape index (κ1) is 17.1. The van der Waals surface area contributed by atoms with Crippen molar-refractivity contribution >= 4 is 10.0 Å². The lowest BCUT2D eigenvalue weighted by Crippen LogP contribution is -2.23. The van der Waals surface area contributed by atoms with Gasteiger partial charge in [0.1, 0.15) is 17.2 Å². The lowest BCUT2D eigenvalue weighted by Gasteiger charge is -2.12. The first-order chi connectivity index (χ1) is 11.0. The van der Waals surface area contributed by atoms with Crippen LogP contribution in [0.2, 0.25) is 0 Å². The summed E-state index contributed by atoms with van der Waals surface area (Å²) in [7, 11) is 0.989. The summed E-state index contributed by atoms with van der Waals surface area (Å²) < 4.78 is 42.6. The Morgan fingerprint density at radius 1 is 0.870 bits per heavy atom. The summed E-state index contributed by atoms with van der Waals surface area (Å²) in [6.45, 7) is 0.113. The Kier molecular flexibility index (Phi) is 5.46. The second kappa shape index (κ2) is 7.34. The van der Waals surface area contributed by atoms with Crippen molar-refractivity contribution in [3.63, 3.8) is 0 Å². The number of methoxy groups -OCH3 is 3. The van der Waals surface area contributed by atoms with Crippen molar-refractivity contribution in [2.24, 2.45) is 0 Å². The molecular formula is C16H19NO5S. The van der Waals surface area contributed by atoms with Crippen LogP contribution < -0.4 is 18.9 Å². The van der Waals surface area contributed by atoms with Gasteiger partial charge < -0.3 is 14.2 Å². The minimum atomic E-state index is -3.62. The first-order valence-electron chi connectivity index (χ1n) is 6.85. The molecule has 0 aromatic heterocycles. The SMILES string of the molecule is COc1ccc(S(=O)(=O)NCc2ccc(OC)cc2OC)cc1. The van der Waals surface area contributed by atoms with E-state index in [0.717, 1.165) is 0 Å². The highest BCUT2D eigenvalue weighted by Gasteiger charge is 2.15. The number of hydrogen-bond donors (Lipinski definition) is 1. The summed E-state index contributed by atoms with van der Waals surface area (Å²) in [4.78, 5) is 0.172. The van der Waals surface area contributed by atoms with E-state index in [1.165, 1.54) is 26.4 Å². The molecule has 0 amide bonds. The molecule has 0 saturated heterocycles. The molecule has 0 radical (unpaired) electrons. The van der Waals surface area contributed by atoms with Crippen molar-refractivity contribution in [3.8, 4) is 17.2 Å². The van der Waals surface area contributed by atoms with Gasteiger partial charge in [0, 0.05) is 18.2 Å². The van der Waals surface area contributed by atoms with Gasteiger partial charge in [0.05, 0.1) is 26.2 Å². The summed E-state index contributed by atoms with van der Waals surface area (Å²) in [5.41, 5.74) is 0.713. The zero-order chi connectivity index (χ0) is 16.9. The van der Waals surface area contributed by atoms with E-state index < -0.39 is 10.0 Å². The third kappa shape index (κ3) is 4.14. The molecule has 6 nitrogen and oxygen atoms in total. The third-order valence-electron chi connectivity index (χ3n) is 3.32. The van der Waals surface area contributed by atoms with E-state index in [-0.39, 0.29) is 11.4 Å². The summed E-state index contributed by atoms with van der Waals surface area (Å²) in [6, 6.07) is 11.4. The Hall–Kier alpha value is -2.25. The van der Waals surface area contributed by atoms with E-state index >= 15 is 0 Å². The van der Waals surface area contributed by atoms with E-state index in [9.17, 15) is 8.42 Å². The van der Waals surface area contributed by atoms with E-state index in [1.54, 1.807) is 37.4 Å². The fourth-order valence-corrected chi connectivity index (χ4v) is 3.02. The maximum Gasteiger partial charge on any atom is 0.240 e. The number of hydrogen-bond acceptors (Lipinski definition) is 5. The number of nitrogens with one attached hydrogen (secondary N) is 1. The number of ether oxygens (including phenoxy) is 3. The second-order valence-corrected chi connectivity index (χ2v) is 6.44. The molecule has 0 bridgehead atoms. The molecule has 0 saturated carbocycles. The summed E-state index contributed by atoms with van der Waals surface area (Å²) in [5.74, 6) is 1.80. The molecule has 0 spiro atoms. The zero-order valence-corrected chi connectivity index (χ0v) is 14.0. The minimum absolute atomic E-state index is 0.113. The van der Waals surface area contributed by atoms with Crippen molar-refractivity contribution in [1.82, 2.24) is 4.72 Å². The van der Waals surface area contributed by atoms with Crippen molar-refractivity contribution in [1.29, 1.82) is 0 Å². The molecule has 0 atom stereocenters. The van der Waals surface area contributed by atoms with Gasteiger partial charge >= 0.3 is 0 Å². The average molecular weight is 337 g/mol.